The van der Waals surface area contributed by atoms with Crippen molar-refractivity contribution in [2.45, 2.75) is 45.4 Å². The van der Waals surface area contributed by atoms with Crippen LogP contribution in [-0.2, 0) is 22.4 Å². The highest BCUT2D eigenvalue weighted by Gasteiger charge is 2.26. The second-order valence-electron chi connectivity index (χ2n) is 6.86. The third-order valence-corrected chi connectivity index (χ3v) is 6.25. The zero-order valence-electron chi connectivity index (χ0n) is 16.1. The minimum absolute atomic E-state index is 0.147. The van der Waals surface area contributed by atoms with Crippen LogP contribution in [0.15, 0.2) is 18.2 Å². The molecule has 150 valence electrons. The van der Waals surface area contributed by atoms with Crippen molar-refractivity contribution in [3.63, 3.8) is 0 Å². The SMILES string of the molecule is COC(=O)c1c(NC(=O)COc2ccc(Cl)cc2C)sc2c1CCCCCC2. The topological polar surface area (TPSA) is 64.6 Å². The predicted octanol–water partition coefficient (Wildman–Crippen LogP) is 5.17. The predicted molar refractivity (Wildman–Crippen MR) is 112 cm³/mol. The number of carbonyl (C=O) groups is 2. The maximum absolute atomic E-state index is 12.5. The molecule has 0 unspecified atom stereocenters. The molecule has 1 aliphatic carbocycles. The molecule has 0 radical (unpaired) electrons. The summed E-state index contributed by atoms with van der Waals surface area (Å²) >= 11 is 7.42. The van der Waals surface area contributed by atoms with Gasteiger partial charge in [-0.05, 0) is 61.9 Å². The van der Waals surface area contributed by atoms with E-state index in [1.54, 1.807) is 18.2 Å². The van der Waals surface area contributed by atoms with Crippen LogP contribution in [0.3, 0.4) is 0 Å². The molecule has 0 bridgehead atoms. The first-order valence-corrected chi connectivity index (χ1v) is 10.6. The Balaban J connectivity index is 1.75. The van der Waals surface area contributed by atoms with Crippen molar-refractivity contribution in [2.24, 2.45) is 0 Å². The van der Waals surface area contributed by atoms with Gasteiger partial charge >= 0.3 is 5.97 Å². The number of hydrogen-bond acceptors (Lipinski definition) is 5. The molecule has 0 atom stereocenters. The number of aryl methyl sites for hydroxylation is 2. The van der Waals surface area contributed by atoms with Gasteiger partial charge in [0.05, 0.1) is 12.7 Å². The molecule has 2 aromatic rings. The van der Waals surface area contributed by atoms with Gasteiger partial charge in [0, 0.05) is 9.90 Å². The number of fused-ring (bicyclic) bond motifs is 1. The van der Waals surface area contributed by atoms with E-state index in [1.165, 1.54) is 29.7 Å². The van der Waals surface area contributed by atoms with Gasteiger partial charge in [0.25, 0.3) is 5.91 Å². The largest absolute Gasteiger partial charge is 0.483 e. The monoisotopic (exact) mass is 421 g/mol. The summed E-state index contributed by atoms with van der Waals surface area (Å²) in [6, 6.07) is 5.24. The summed E-state index contributed by atoms with van der Waals surface area (Å²) in [4.78, 5) is 26.0. The number of ether oxygens (including phenoxy) is 2. The number of benzene rings is 1. The summed E-state index contributed by atoms with van der Waals surface area (Å²) < 4.78 is 10.6. The van der Waals surface area contributed by atoms with Gasteiger partial charge in [-0.25, -0.2) is 4.79 Å². The molecule has 1 aromatic carbocycles. The Kier molecular flexibility index (Phi) is 6.97. The van der Waals surface area contributed by atoms with Crippen LogP contribution in [-0.4, -0.2) is 25.6 Å². The highest BCUT2D eigenvalue weighted by atomic mass is 35.5. The molecular weight excluding hydrogens is 398 g/mol. The molecule has 1 N–H and O–H groups in total. The van der Waals surface area contributed by atoms with Gasteiger partial charge in [-0.3, -0.25) is 4.79 Å². The Morgan fingerprint density at radius 2 is 1.93 bits per heavy atom. The van der Waals surface area contributed by atoms with Crippen molar-refractivity contribution in [1.82, 2.24) is 0 Å². The van der Waals surface area contributed by atoms with E-state index in [1.807, 2.05) is 6.92 Å². The van der Waals surface area contributed by atoms with Gasteiger partial charge in [-0.2, -0.15) is 0 Å². The average Bonchev–Trinajstić information content (AvgIpc) is 2.96. The van der Waals surface area contributed by atoms with Crippen molar-refractivity contribution < 1.29 is 19.1 Å². The number of amides is 1. The lowest BCUT2D eigenvalue weighted by Gasteiger charge is -2.11. The molecule has 1 heterocycles. The summed E-state index contributed by atoms with van der Waals surface area (Å²) in [5, 5.41) is 4.03. The van der Waals surface area contributed by atoms with Crippen molar-refractivity contribution in [1.29, 1.82) is 0 Å². The van der Waals surface area contributed by atoms with Crippen LogP contribution in [0.5, 0.6) is 5.75 Å². The fourth-order valence-corrected chi connectivity index (χ4v) is 4.93. The first-order valence-electron chi connectivity index (χ1n) is 9.41. The van der Waals surface area contributed by atoms with Gasteiger partial charge in [-0.1, -0.05) is 24.4 Å². The number of carbonyl (C=O) groups excluding carboxylic acids is 2. The maximum atomic E-state index is 12.5. The van der Waals surface area contributed by atoms with E-state index in [0.717, 1.165) is 43.2 Å². The van der Waals surface area contributed by atoms with E-state index >= 15 is 0 Å². The van der Waals surface area contributed by atoms with E-state index in [-0.39, 0.29) is 12.5 Å². The summed E-state index contributed by atoms with van der Waals surface area (Å²) in [5.74, 6) is -0.109. The molecule has 0 fully saturated rings. The number of hydrogen-bond donors (Lipinski definition) is 1. The van der Waals surface area contributed by atoms with Crippen LogP contribution < -0.4 is 10.1 Å². The molecule has 1 aliphatic rings. The highest BCUT2D eigenvalue weighted by Crippen LogP contribution is 2.37. The average molecular weight is 422 g/mol. The normalized spacial score (nSPS) is 13.8. The third-order valence-electron chi connectivity index (χ3n) is 4.81. The smallest absolute Gasteiger partial charge is 0.341 e. The molecule has 0 aliphatic heterocycles. The van der Waals surface area contributed by atoms with Crippen molar-refractivity contribution in [3.8, 4) is 5.75 Å². The molecule has 0 saturated heterocycles. The second-order valence-corrected chi connectivity index (χ2v) is 8.40. The zero-order valence-corrected chi connectivity index (χ0v) is 17.7. The number of halogens is 1. The Morgan fingerprint density at radius 3 is 2.64 bits per heavy atom. The summed E-state index contributed by atoms with van der Waals surface area (Å²) in [6.45, 7) is 1.72. The number of thiophene rings is 1. The van der Waals surface area contributed by atoms with Gasteiger partial charge in [-0.15, -0.1) is 11.3 Å². The number of anilines is 1. The van der Waals surface area contributed by atoms with Crippen molar-refractivity contribution in [2.75, 3.05) is 19.0 Å². The van der Waals surface area contributed by atoms with Gasteiger partial charge < -0.3 is 14.8 Å². The summed E-state index contributed by atoms with van der Waals surface area (Å²) in [5.41, 5.74) is 2.39. The van der Waals surface area contributed by atoms with E-state index in [0.29, 0.717) is 21.3 Å². The van der Waals surface area contributed by atoms with Crippen LogP contribution in [0.4, 0.5) is 5.00 Å². The Morgan fingerprint density at radius 1 is 1.18 bits per heavy atom. The Hall–Kier alpha value is -2.05. The number of nitrogens with one attached hydrogen (secondary N) is 1. The fourth-order valence-electron chi connectivity index (χ4n) is 3.41. The first-order chi connectivity index (χ1) is 13.5. The molecule has 5 nitrogen and oxygen atoms in total. The fraction of sp³-hybridized carbons (Fsp3) is 0.429. The van der Waals surface area contributed by atoms with E-state index < -0.39 is 5.97 Å². The standard InChI is InChI=1S/C21H24ClNO4S/c1-13-11-14(22)9-10-16(13)27-12-18(24)23-20-19(21(25)26-2)15-7-5-3-4-6-8-17(15)28-20/h9-11H,3-8,12H2,1-2H3,(H,23,24). The van der Waals surface area contributed by atoms with E-state index in [4.69, 9.17) is 21.1 Å². The maximum Gasteiger partial charge on any atom is 0.341 e. The Labute approximate surface area is 174 Å². The van der Waals surface area contributed by atoms with Crippen LogP contribution >= 0.6 is 22.9 Å². The minimum Gasteiger partial charge on any atom is -0.483 e. The molecule has 1 aromatic heterocycles. The summed E-state index contributed by atoms with van der Waals surface area (Å²) in [7, 11) is 1.37. The van der Waals surface area contributed by atoms with Crippen LogP contribution in [0.1, 0.15) is 52.0 Å². The van der Waals surface area contributed by atoms with Crippen molar-refractivity contribution in [3.05, 3.63) is 44.8 Å². The number of methoxy groups -OCH3 is 1. The molecule has 3 rings (SSSR count). The number of esters is 1. The molecule has 1 amide bonds. The molecule has 7 heteroatoms. The minimum atomic E-state index is -0.400. The van der Waals surface area contributed by atoms with Gasteiger partial charge in [0.2, 0.25) is 0 Å². The third kappa shape index (κ3) is 4.86. The van der Waals surface area contributed by atoms with E-state index in [2.05, 4.69) is 5.32 Å². The zero-order chi connectivity index (χ0) is 20.1. The molecule has 28 heavy (non-hydrogen) atoms. The number of rotatable bonds is 5. The van der Waals surface area contributed by atoms with Gasteiger partial charge in [0.15, 0.2) is 6.61 Å². The highest BCUT2D eigenvalue weighted by molar-refractivity contribution is 7.17. The van der Waals surface area contributed by atoms with Crippen LogP contribution in [0.2, 0.25) is 5.02 Å². The lowest BCUT2D eigenvalue weighted by molar-refractivity contribution is -0.118. The Bertz CT molecular complexity index is 878. The van der Waals surface area contributed by atoms with Crippen molar-refractivity contribution >= 4 is 39.8 Å². The molecule has 0 saturated carbocycles. The van der Waals surface area contributed by atoms with E-state index in [9.17, 15) is 9.59 Å². The van der Waals surface area contributed by atoms with Crippen LogP contribution in [0.25, 0.3) is 0 Å². The molecular formula is C21H24ClNO4S. The quantitative estimate of drug-likeness (QED) is 0.676. The summed E-state index contributed by atoms with van der Waals surface area (Å²) in [6.07, 6.45) is 6.26. The second kappa shape index (κ2) is 9.43. The van der Waals surface area contributed by atoms with Crippen LogP contribution in [0, 0.1) is 6.92 Å². The lowest BCUT2D eigenvalue weighted by Crippen LogP contribution is -2.21. The molecule has 0 spiro atoms. The van der Waals surface area contributed by atoms with Gasteiger partial charge in [0.1, 0.15) is 10.8 Å². The lowest BCUT2D eigenvalue weighted by atomic mass is 9.96. The first kappa shape index (κ1) is 20.7.